The van der Waals surface area contributed by atoms with Gasteiger partial charge < -0.3 is 10.1 Å². The van der Waals surface area contributed by atoms with Crippen LogP contribution in [-0.4, -0.2) is 74.2 Å². The third-order valence-electron chi connectivity index (χ3n) is 5.82. The summed E-state index contributed by atoms with van der Waals surface area (Å²) in [5.41, 5.74) is 1.54. The maximum absolute atomic E-state index is 12.4. The molecule has 3 rings (SSSR count). The summed E-state index contributed by atoms with van der Waals surface area (Å²) in [5, 5.41) is 3.15. The van der Waals surface area contributed by atoms with E-state index < -0.39 is 0 Å². The molecule has 0 radical (unpaired) electrons. The minimum atomic E-state index is 0.199. The summed E-state index contributed by atoms with van der Waals surface area (Å²) in [5.74, 6) is 0.199. The van der Waals surface area contributed by atoms with Crippen LogP contribution >= 0.6 is 0 Å². The third-order valence-corrected chi connectivity index (χ3v) is 5.82. The molecule has 2 aliphatic heterocycles. The van der Waals surface area contributed by atoms with E-state index in [2.05, 4.69) is 21.2 Å². The van der Waals surface area contributed by atoms with Crippen molar-refractivity contribution in [3.8, 4) is 0 Å². The molecule has 0 aromatic carbocycles. The number of ether oxygens (including phenoxy) is 1. The molecule has 1 atom stereocenters. The highest BCUT2D eigenvalue weighted by molar-refractivity contribution is 5.78. The maximum Gasteiger partial charge on any atom is 0.234 e. The SMILES string of the molecule is O=C(CN1CCCC[C@H]1CN1CCOCC1)NCCC1=CCCCC1. The van der Waals surface area contributed by atoms with Gasteiger partial charge in [-0.05, 0) is 51.5 Å². The molecule has 2 fully saturated rings. The minimum Gasteiger partial charge on any atom is -0.379 e. The van der Waals surface area contributed by atoms with E-state index in [4.69, 9.17) is 4.74 Å². The van der Waals surface area contributed by atoms with E-state index in [0.29, 0.717) is 12.6 Å². The van der Waals surface area contributed by atoms with Crippen molar-refractivity contribution in [2.24, 2.45) is 0 Å². The van der Waals surface area contributed by atoms with Crippen molar-refractivity contribution in [3.63, 3.8) is 0 Å². The topological polar surface area (TPSA) is 44.8 Å². The predicted molar refractivity (Wildman–Crippen MR) is 101 cm³/mol. The van der Waals surface area contributed by atoms with Gasteiger partial charge in [0.1, 0.15) is 0 Å². The summed E-state index contributed by atoms with van der Waals surface area (Å²) in [6, 6.07) is 0.527. The van der Waals surface area contributed by atoms with Gasteiger partial charge in [0.2, 0.25) is 5.91 Å². The number of hydrogen-bond donors (Lipinski definition) is 1. The van der Waals surface area contributed by atoms with Gasteiger partial charge in [-0.1, -0.05) is 18.1 Å². The minimum absolute atomic E-state index is 0.199. The van der Waals surface area contributed by atoms with E-state index in [1.165, 1.54) is 50.5 Å². The smallest absolute Gasteiger partial charge is 0.234 e. The lowest BCUT2D eigenvalue weighted by Crippen LogP contribution is -2.52. The highest BCUT2D eigenvalue weighted by Gasteiger charge is 2.26. The number of amides is 1. The van der Waals surface area contributed by atoms with Crippen molar-refractivity contribution in [2.45, 2.75) is 57.4 Å². The quantitative estimate of drug-likeness (QED) is 0.716. The second-order valence-electron chi connectivity index (χ2n) is 7.74. The number of rotatable bonds is 7. The second kappa shape index (κ2) is 10.3. The van der Waals surface area contributed by atoms with Crippen LogP contribution in [0.2, 0.25) is 0 Å². The molecule has 0 unspecified atom stereocenters. The first kappa shape index (κ1) is 18.9. The first-order valence-corrected chi connectivity index (χ1v) is 10.3. The van der Waals surface area contributed by atoms with Crippen LogP contribution < -0.4 is 5.32 Å². The van der Waals surface area contributed by atoms with Crippen molar-refractivity contribution < 1.29 is 9.53 Å². The van der Waals surface area contributed by atoms with Gasteiger partial charge in [-0.15, -0.1) is 0 Å². The summed E-state index contributed by atoms with van der Waals surface area (Å²) in [4.78, 5) is 17.3. The Morgan fingerprint density at radius 1 is 1.16 bits per heavy atom. The molecule has 1 aliphatic carbocycles. The highest BCUT2D eigenvalue weighted by atomic mass is 16.5. The summed E-state index contributed by atoms with van der Waals surface area (Å²) in [6.45, 7) is 7.28. The lowest BCUT2D eigenvalue weighted by Gasteiger charge is -2.39. The number of morpholine rings is 1. The van der Waals surface area contributed by atoms with Gasteiger partial charge in [0, 0.05) is 32.2 Å². The molecule has 0 aromatic heterocycles. The number of carbonyl (C=O) groups excluding carboxylic acids is 1. The van der Waals surface area contributed by atoms with Crippen molar-refractivity contribution in [1.82, 2.24) is 15.1 Å². The zero-order valence-corrected chi connectivity index (χ0v) is 15.7. The number of allylic oxidation sites excluding steroid dienone is 1. The van der Waals surface area contributed by atoms with Crippen LogP contribution in [0.4, 0.5) is 0 Å². The Kier molecular flexibility index (Phi) is 7.77. The van der Waals surface area contributed by atoms with Crippen molar-refractivity contribution in [2.75, 3.05) is 52.5 Å². The number of likely N-dealkylation sites (tertiary alicyclic amines) is 1. The largest absolute Gasteiger partial charge is 0.379 e. The number of nitrogens with one attached hydrogen (secondary N) is 1. The van der Waals surface area contributed by atoms with Gasteiger partial charge in [0.25, 0.3) is 0 Å². The van der Waals surface area contributed by atoms with E-state index in [1.807, 2.05) is 0 Å². The van der Waals surface area contributed by atoms with E-state index in [9.17, 15) is 4.79 Å². The van der Waals surface area contributed by atoms with Gasteiger partial charge in [-0.25, -0.2) is 0 Å². The molecule has 0 spiro atoms. The summed E-state index contributed by atoms with van der Waals surface area (Å²) < 4.78 is 5.45. The van der Waals surface area contributed by atoms with Gasteiger partial charge in [0.15, 0.2) is 0 Å². The Balaban J connectivity index is 1.39. The average molecular weight is 350 g/mol. The van der Waals surface area contributed by atoms with Crippen molar-refractivity contribution in [3.05, 3.63) is 11.6 Å². The maximum atomic E-state index is 12.4. The van der Waals surface area contributed by atoms with E-state index in [-0.39, 0.29) is 5.91 Å². The Bertz CT molecular complexity index is 446. The number of piperidine rings is 1. The number of nitrogens with zero attached hydrogens (tertiary/aromatic N) is 2. The molecule has 0 aromatic rings. The van der Waals surface area contributed by atoms with Crippen LogP contribution in [0.15, 0.2) is 11.6 Å². The van der Waals surface area contributed by atoms with Crippen LogP contribution in [0.25, 0.3) is 0 Å². The molecule has 1 N–H and O–H groups in total. The molecule has 1 amide bonds. The molecule has 25 heavy (non-hydrogen) atoms. The fourth-order valence-electron chi connectivity index (χ4n) is 4.29. The second-order valence-corrected chi connectivity index (χ2v) is 7.74. The zero-order chi connectivity index (χ0) is 17.3. The average Bonchev–Trinajstić information content (AvgIpc) is 2.65. The van der Waals surface area contributed by atoms with E-state index >= 15 is 0 Å². The molecule has 5 nitrogen and oxygen atoms in total. The van der Waals surface area contributed by atoms with E-state index in [0.717, 1.165) is 52.4 Å². The fourth-order valence-corrected chi connectivity index (χ4v) is 4.29. The molecular weight excluding hydrogens is 314 g/mol. The molecule has 2 saturated heterocycles. The lowest BCUT2D eigenvalue weighted by molar-refractivity contribution is -0.123. The third kappa shape index (κ3) is 6.39. The lowest BCUT2D eigenvalue weighted by atomic mass is 9.97. The molecule has 142 valence electrons. The fraction of sp³-hybridized carbons (Fsp3) is 0.850. The molecule has 5 heteroatoms. The van der Waals surface area contributed by atoms with Gasteiger partial charge in [0.05, 0.1) is 19.8 Å². The zero-order valence-electron chi connectivity index (χ0n) is 15.7. The first-order valence-electron chi connectivity index (χ1n) is 10.3. The molecular formula is C20H35N3O2. The van der Waals surface area contributed by atoms with Crippen LogP contribution in [-0.2, 0) is 9.53 Å². The Hall–Kier alpha value is -0.910. The molecule has 0 bridgehead atoms. The first-order chi connectivity index (χ1) is 12.3. The van der Waals surface area contributed by atoms with Crippen molar-refractivity contribution in [1.29, 1.82) is 0 Å². The molecule has 2 heterocycles. The highest BCUT2D eigenvalue weighted by Crippen LogP contribution is 2.20. The molecule has 0 saturated carbocycles. The monoisotopic (exact) mass is 349 g/mol. The van der Waals surface area contributed by atoms with Gasteiger partial charge >= 0.3 is 0 Å². The van der Waals surface area contributed by atoms with Gasteiger partial charge in [-0.2, -0.15) is 0 Å². The van der Waals surface area contributed by atoms with Gasteiger partial charge in [-0.3, -0.25) is 14.6 Å². The standard InChI is InChI=1S/C20H35N3O2/c24-20(21-10-9-18-6-2-1-3-7-18)17-23-11-5-4-8-19(23)16-22-12-14-25-15-13-22/h6,19H,1-5,7-17H2,(H,21,24)/t19-/m0/s1. The predicted octanol–water partition coefficient (Wildman–Crippen LogP) is 2.18. The van der Waals surface area contributed by atoms with Crippen LogP contribution in [0.5, 0.6) is 0 Å². The van der Waals surface area contributed by atoms with Crippen LogP contribution in [0.1, 0.15) is 51.4 Å². The summed E-state index contributed by atoms with van der Waals surface area (Å²) in [6.07, 6.45) is 12.2. The van der Waals surface area contributed by atoms with Crippen LogP contribution in [0.3, 0.4) is 0 Å². The number of carbonyl (C=O) groups is 1. The summed E-state index contributed by atoms with van der Waals surface area (Å²) >= 11 is 0. The number of hydrogen-bond acceptors (Lipinski definition) is 4. The van der Waals surface area contributed by atoms with E-state index in [1.54, 1.807) is 0 Å². The van der Waals surface area contributed by atoms with Crippen LogP contribution in [0, 0.1) is 0 Å². The van der Waals surface area contributed by atoms with Crippen molar-refractivity contribution >= 4 is 5.91 Å². The summed E-state index contributed by atoms with van der Waals surface area (Å²) in [7, 11) is 0. The Labute approximate surface area is 152 Å². The Morgan fingerprint density at radius 2 is 2.04 bits per heavy atom. The molecule has 3 aliphatic rings. The normalized spacial score (nSPS) is 26.2. The Morgan fingerprint density at radius 3 is 2.84 bits per heavy atom.